The average molecular weight is 675 g/mol. The number of carbonyl (C=O) groups excluding carboxylic acids is 1. The van der Waals surface area contributed by atoms with Gasteiger partial charge in [0.2, 0.25) is 0 Å². The van der Waals surface area contributed by atoms with E-state index in [4.69, 9.17) is 9.47 Å². The Bertz CT molecular complexity index is 2120. The smallest absolute Gasteiger partial charge is 0.744 e. The summed E-state index contributed by atoms with van der Waals surface area (Å²) in [6.07, 6.45) is 0. The predicted octanol–water partition coefficient (Wildman–Crippen LogP) is 1.96. The van der Waals surface area contributed by atoms with E-state index < -0.39 is 20.8 Å². The van der Waals surface area contributed by atoms with Gasteiger partial charge in [0, 0.05) is 11.3 Å². The van der Waals surface area contributed by atoms with Crippen LogP contribution in [0, 0.1) is 6.07 Å². The number of rotatable bonds is 9. The zero-order valence-corrected chi connectivity index (χ0v) is 30.8. The molecule has 48 heavy (non-hydrogen) atoms. The van der Waals surface area contributed by atoms with Crippen molar-refractivity contribution in [3.05, 3.63) is 151 Å². The molecule has 0 heterocycles. The molecule has 6 rings (SSSR count). The molecule has 228 valence electrons. The normalized spacial score (nSPS) is 10.7. The zero-order valence-electron chi connectivity index (χ0n) is 26.0. The largest absolute Gasteiger partial charge is 1.00 e. The maximum atomic E-state index is 13.2. The topological polar surface area (TPSA) is 133 Å². The number of phenolic OH excluding ortho intramolecular Hbond substituents is 2. The van der Waals surface area contributed by atoms with E-state index in [-0.39, 0.29) is 93.2 Å². The average Bonchev–Trinajstić information content (AvgIpc) is 3.06. The molecule has 0 saturated heterocycles. The number of ether oxygens (including phenoxy) is 2. The molecule has 11 heteroatoms. The molecule has 0 aliphatic heterocycles. The summed E-state index contributed by atoms with van der Waals surface area (Å²) < 4.78 is 48.0. The van der Waals surface area contributed by atoms with E-state index in [1.807, 2.05) is 24.3 Å². The van der Waals surface area contributed by atoms with Gasteiger partial charge in [0.25, 0.3) is 0 Å². The summed E-state index contributed by atoms with van der Waals surface area (Å²) in [5.74, 6) is 0.795. The van der Waals surface area contributed by atoms with Crippen molar-refractivity contribution < 1.29 is 96.6 Å². The maximum Gasteiger partial charge on any atom is 1.00 e. The van der Waals surface area contributed by atoms with Crippen LogP contribution in [0.4, 0.5) is 0 Å². The Labute approximate surface area is 322 Å². The van der Waals surface area contributed by atoms with Gasteiger partial charge >= 0.3 is 59.1 Å². The summed E-state index contributed by atoms with van der Waals surface area (Å²) in [6.45, 7) is 0. The van der Waals surface area contributed by atoms with Crippen molar-refractivity contribution in [3.63, 3.8) is 0 Å². The van der Waals surface area contributed by atoms with Crippen LogP contribution in [0.2, 0.25) is 0 Å². The molecule has 0 saturated carbocycles. The summed E-state index contributed by atoms with van der Waals surface area (Å²) in [5, 5.41) is 19.0. The van der Waals surface area contributed by atoms with Gasteiger partial charge in [0.05, 0.1) is 4.90 Å². The van der Waals surface area contributed by atoms with E-state index in [9.17, 15) is 28.0 Å². The summed E-state index contributed by atoms with van der Waals surface area (Å²) in [6, 6.07) is 38.6. The van der Waals surface area contributed by atoms with Crippen molar-refractivity contribution in [1.29, 1.82) is 0 Å². The molecule has 0 aliphatic carbocycles. The standard InChI is InChI=1S/C37H25O8S.2Na/c38-30-12-1-24(2-13-30)26-5-16-32(17-6-26)44-33-20-9-28(10-21-33)37(40)29-11-22-35(36(23-29)46(41,42)43)45-34-18-7-27(8-19-34)25-3-14-31(39)15-4-25;;/h1-20,22-23,38-39H,(H,41,42,43);;/q-1;2*+1/p-1. The Hall–Kier alpha value is -3.90. The molecular formula is C37H24Na2O8S. The van der Waals surface area contributed by atoms with E-state index >= 15 is 0 Å². The summed E-state index contributed by atoms with van der Waals surface area (Å²) >= 11 is 0. The third-order valence-corrected chi connectivity index (χ3v) is 7.94. The van der Waals surface area contributed by atoms with Crippen LogP contribution in [0.3, 0.4) is 0 Å². The second-order valence-electron chi connectivity index (χ2n) is 10.2. The molecule has 0 aliphatic rings. The van der Waals surface area contributed by atoms with Gasteiger partial charge in [-0.25, -0.2) is 8.42 Å². The van der Waals surface area contributed by atoms with Crippen LogP contribution in [-0.2, 0) is 10.1 Å². The maximum absolute atomic E-state index is 13.2. The van der Waals surface area contributed by atoms with Crippen molar-refractivity contribution in [1.82, 2.24) is 0 Å². The molecule has 0 unspecified atom stereocenters. The van der Waals surface area contributed by atoms with Crippen molar-refractivity contribution in [2.45, 2.75) is 4.90 Å². The number of hydrogen-bond acceptors (Lipinski definition) is 8. The number of phenols is 2. The van der Waals surface area contributed by atoms with E-state index in [2.05, 4.69) is 6.07 Å². The molecule has 0 aromatic heterocycles. The minimum atomic E-state index is -5.00. The molecule has 8 nitrogen and oxygen atoms in total. The van der Waals surface area contributed by atoms with Gasteiger partial charge in [0.15, 0.2) is 0 Å². The summed E-state index contributed by atoms with van der Waals surface area (Å²) in [4.78, 5) is 12.6. The van der Waals surface area contributed by atoms with E-state index in [1.165, 1.54) is 24.3 Å². The van der Waals surface area contributed by atoms with Gasteiger partial charge in [-0.3, -0.25) is 0 Å². The molecule has 0 fully saturated rings. The van der Waals surface area contributed by atoms with Crippen LogP contribution in [-0.4, -0.2) is 29.0 Å². The molecule has 2 N–H and O–H groups in total. The molecular weight excluding hydrogens is 650 g/mol. The molecule has 0 radical (unpaired) electrons. The molecule has 0 amide bonds. The van der Waals surface area contributed by atoms with Crippen molar-refractivity contribution in [2.75, 3.05) is 0 Å². The van der Waals surface area contributed by atoms with Gasteiger partial charge < -0.3 is 29.0 Å². The minimum absolute atomic E-state index is 0. The fourth-order valence-corrected chi connectivity index (χ4v) is 5.33. The van der Waals surface area contributed by atoms with Crippen LogP contribution in [0.25, 0.3) is 22.3 Å². The van der Waals surface area contributed by atoms with Crippen molar-refractivity contribution in [3.8, 4) is 56.8 Å². The van der Waals surface area contributed by atoms with Crippen molar-refractivity contribution in [2.24, 2.45) is 0 Å². The fourth-order valence-electron chi connectivity index (χ4n) is 4.70. The fraction of sp³-hybridized carbons (Fsp3) is 0. The number of carbonyl (C=O) groups is 1. The number of ketones is 1. The first kappa shape index (κ1) is 36.9. The van der Waals surface area contributed by atoms with Gasteiger partial charge in [-0.2, -0.15) is 12.1 Å². The number of benzene rings is 6. The molecule has 6 aromatic carbocycles. The third-order valence-electron chi connectivity index (χ3n) is 7.09. The molecule has 0 atom stereocenters. The Morgan fingerprint density at radius 1 is 0.583 bits per heavy atom. The quantitative estimate of drug-likeness (QED) is 0.103. The first-order valence-electron chi connectivity index (χ1n) is 13.9. The summed E-state index contributed by atoms with van der Waals surface area (Å²) in [7, 11) is -5.00. The monoisotopic (exact) mass is 674 g/mol. The zero-order chi connectivity index (χ0) is 32.3. The number of aromatic hydroxyl groups is 2. The Kier molecular flexibility index (Phi) is 12.3. The van der Waals surface area contributed by atoms with Crippen molar-refractivity contribution >= 4 is 15.9 Å². The van der Waals surface area contributed by atoms with E-state index in [0.29, 0.717) is 11.5 Å². The van der Waals surface area contributed by atoms with Crippen LogP contribution in [0.15, 0.2) is 138 Å². The second kappa shape index (κ2) is 16.0. The Balaban J connectivity index is 0.00000260. The van der Waals surface area contributed by atoms with Crippen LogP contribution in [0.5, 0.6) is 34.5 Å². The molecule has 0 bridgehead atoms. The first-order valence-corrected chi connectivity index (χ1v) is 15.3. The van der Waals surface area contributed by atoms with Crippen LogP contribution >= 0.6 is 0 Å². The molecule has 0 spiro atoms. The van der Waals surface area contributed by atoms with E-state index in [0.717, 1.165) is 28.3 Å². The third kappa shape index (κ3) is 8.96. The van der Waals surface area contributed by atoms with Gasteiger partial charge in [-0.05, 0) is 89.0 Å². The van der Waals surface area contributed by atoms with Crippen LogP contribution < -0.4 is 68.6 Å². The molecule has 6 aromatic rings. The SMILES string of the molecule is O=C(c1c[c-]c(Oc2ccc(-c3ccc(O)cc3)cc2)cc1)c1ccc(Oc2ccc(-c3ccc(O)cc3)cc2)c(S(=O)(=O)[O-])c1.[Na+].[Na+]. The summed E-state index contributed by atoms with van der Waals surface area (Å²) in [5.41, 5.74) is 3.76. The van der Waals surface area contributed by atoms with Crippen LogP contribution in [0.1, 0.15) is 15.9 Å². The Morgan fingerprint density at radius 2 is 1.02 bits per heavy atom. The minimum Gasteiger partial charge on any atom is -0.744 e. The van der Waals surface area contributed by atoms with E-state index in [1.54, 1.807) is 78.9 Å². The second-order valence-corrected chi connectivity index (χ2v) is 11.6. The number of hydrogen-bond donors (Lipinski definition) is 2. The van der Waals surface area contributed by atoms with Gasteiger partial charge in [-0.15, -0.1) is 12.1 Å². The predicted molar refractivity (Wildman–Crippen MR) is 170 cm³/mol. The Morgan fingerprint density at radius 3 is 1.46 bits per heavy atom. The van der Waals surface area contributed by atoms with Gasteiger partial charge in [-0.1, -0.05) is 54.1 Å². The first-order chi connectivity index (χ1) is 22.1. The van der Waals surface area contributed by atoms with Gasteiger partial charge in [0.1, 0.15) is 44.6 Å².